The summed E-state index contributed by atoms with van der Waals surface area (Å²) < 4.78 is 13.2. The summed E-state index contributed by atoms with van der Waals surface area (Å²) in [5.74, 6) is 1.22. The molecule has 1 aromatic carbocycles. The maximum Gasteiger partial charge on any atom is 0.123 e. The normalized spacial score (nSPS) is 24.6. The summed E-state index contributed by atoms with van der Waals surface area (Å²) in [6, 6.07) is 7.14. The zero-order valence-corrected chi connectivity index (χ0v) is 11.2. The third-order valence-corrected chi connectivity index (χ3v) is 3.96. The van der Waals surface area contributed by atoms with Crippen LogP contribution in [0.2, 0.25) is 0 Å². The van der Waals surface area contributed by atoms with Crippen LogP contribution < -0.4 is 0 Å². The number of hydrogen-bond acceptors (Lipinski definition) is 0. The van der Waals surface area contributed by atoms with Crippen LogP contribution >= 0.6 is 0 Å². The predicted molar refractivity (Wildman–Crippen MR) is 75.1 cm³/mol. The third-order valence-electron chi connectivity index (χ3n) is 3.96. The van der Waals surface area contributed by atoms with Crippen molar-refractivity contribution in [2.75, 3.05) is 0 Å². The number of halogens is 1. The Kier molecular flexibility index (Phi) is 4.98. The number of allylic oxidation sites excluding steroid dienone is 2. The molecule has 2 rings (SSSR count). The summed E-state index contributed by atoms with van der Waals surface area (Å²) in [7, 11) is 0. The van der Waals surface area contributed by atoms with Gasteiger partial charge in [0.05, 0.1) is 0 Å². The van der Waals surface area contributed by atoms with Crippen molar-refractivity contribution in [3.8, 4) is 0 Å². The van der Waals surface area contributed by atoms with Crippen LogP contribution in [0, 0.1) is 11.7 Å². The molecule has 0 bridgehead atoms. The van der Waals surface area contributed by atoms with Crippen molar-refractivity contribution in [3.63, 3.8) is 0 Å². The number of benzene rings is 1. The molecule has 1 aliphatic carbocycles. The molecule has 0 heterocycles. The molecule has 0 atom stereocenters. The van der Waals surface area contributed by atoms with E-state index < -0.39 is 0 Å². The van der Waals surface area contributed by atoms with Gasteiger partial charge in [0.1, 0.15) is 5.82 Å². The molecule has 1 aliphatic rings. The van der Waals surface area contributed by atoms with E-state index in [0.29, 0.717) is 5.92 Å². The lowest BCUT2D eigenvalue weighted by atomic mass is 9.78. The summed E-state index contributed by atoms with van der Waals surface area (Å²) >= 11 is 0. The van der Waals surface area contributed by atoms with Gasteiger partial charge in [-0.3, -0.25) is 0 Å². The monoisotopic (exact) mass is 246 g/mol. The van der Waals surface area contributed by atoms with Crippen LogP contribution in [0.15, 0.2) is 36.4 Å². The molecule has 1 fully saturated rings. The Morgan fingerprint density at radius 3 is 2.67 bits per heavy atom. The van der Waals surface area contributed by atoms with Crippen molar-refractivity contribution < 1.29 is 4.39 Å². The molecule has 0 aliphatic heterocycles. The lowest BCUT2D eigenvalue weighted by Gasteiger charge is -2.27. The first-order valence-corrected chi connectivity index (χ1v) is 7.21. The van der Waals surface area contributed by atoms with Crippen molar-refractivity contribution in [3.05, 3.63) is 47.8 Å². The van der Waals surface area contributed by atoms with Gasteiger partial charge in [0.2, 0.25) is 0 Å². The highest BCUT2D eigenvalue weighted by Crippen LogP contribution is 2.36. The molecule has 98 valence electrons. The first-order chi connectivity index (χ1) is 8.79. The van der Waals surface area contributed by atoms with Gasteiger partial charge in [-0.2, -0.15) is 0 Å². The van der Waals surface area contributed by atoms with Crippen molar-refractivity contribution in [1.29, 1.82) is 0 Å². The molecular formula is C17H23F. The van der Waals surface area contributed by atoms with Crippen molar-refractivity contribution in [1.82, 2.24) is 0 Å². The molecule has 1 heteroatoms. The molecule has 0 amide bonds. The first-order valence-electron chi connectivity index (χ1n) is 7.21. The van der Waals surface area contributed by atoms with Gasteiger partial charge < -0.3 is 0 Å². The number of rotatable bonds is 4. The minimum Gasteiger partial charge on any atom is -0.207 e. The van der Waals surface area contributed by atoms with E-state index >= 15 is 0 Å². The van der Waals surface area contributed by atoms with Crippen LogP contribution in [0.5, 0.6) is 0 Å². The molecule has 0 spiro atoms. The van der Waals surface area contributed by atoms with Crippen LogP contribution in [0.25, 0.3) is 0 Å². The summed E-state index contributed by atoms with van der Waals surface area (Å²) in [4.78, 5) is 0. The molecule has 0 aromatic heterocycles. The summed E-state index contributed by atoms with van der Waals surface area (Å²) in [5, 5.41) is 0. The first kappa shape index (κ1) is 13.3. The lowest BCUT2D eigenvalue weighted by Crippen LogP contribution is -2.11. The highest BCUT2D eigenvalue weighted by atomic mass is 19.1. The number of hydrogen-bond donors (Lipinski definition) is 0. The van der Waals surface area contributed by atoms with Crippen LogP contribution in [0.3, 0.4) is 0 Å². The fourth-order valence-corrected chi connectivity index (χ4v) is 2.86. The second-order valence-electron chi connectivity index (χ2n) is 5.38. The fraction of sp³-hybridized carbons (Fsp3) is 0.529. The molecular weight excluding hydrogens is 223 g/mol. The van der Waals surface area contributed by atoms with Crippen LogP contribution in [-0.2, 0) is 0 Å². The molecule has 0 saturated heterocycles. The van der Waals surface area contributed by atoms with Crippen LogP contribution in [-0.4, -0.2) is 0 Å². The van der Waals surface area contributed by atoms with Gasteiger partial charge in [0.25, 0.3) is 0 Å². The van der Waals surface area contributed by atoms with E-state index in [2.05, 4.69) is 25.1 Å². The van der Waals surface area contributed by atoms with Crippen molar-refractivity contribution >= 4 is 0 Å². The maximum atomic E-state index is 13.2. The van der Waals surface area contributed by atoms with E-state index in [1.54, 1.807) is 6.07 Å². The maximum absolute atomic E-state index is 13.2. The van der Waals surface area contributed by atoms with E-state index in [4.69, 9.17) is 0 Å². The molecule has 0 unspecified atom stereocenters. The Labute approximate surface area is 110 Å². The van der Waals surface area contributed by atoms with Crippen LogP contribution in [0.1, 0.15) is 56.9 Å². The molecule has 1 saturated carbocycles. The summed E-state index contributed by atoms with van der Waals surface area (Å²) in [6.45, 7) is 2.21. The molecule has 0 nitrogen and oxygen atoms in total. The highest BCUT2D eigenvalue weighted by Gasteiger charge is 2.20. The molecule has 18 heavy (non-hydrogen) atoms. The zero-order chi connectivity index (χ0) is 12.8. The van der Waals surface area contributed by atoms with E-state index in [-0.39, 0.29) is 5.82 Å². The highest BCUT2D eigenvalue weighted by molar-refractivity contribution is 5.21. The molecule has 0 radical (unpaired) electrons. The largest absolute Gasteiger partial charge is 0.207 e. The molecule has 0 N–H and O–H groups in total. The average Bonchev–Trinajstić information content (AvgIpc) is 2.40. The fourth-order valence-electron chi connectivity index (χ4n) is 2.86. The van der Waals surface area contributed by atoms with Gasteiger partial charge in [-0.25, -0.2) is 4.39 Å². The van der Waals surface area contributed by atoms with E-state index in [0.717, 1.165) is 5.92 Å². The Morgan fingerprint density at radius 1 is 1.22 bits per heavy atom. The van der Waals surface area contributed by atoms with Gasteiger partial charge in [0.15, 0.2) is 0 Å². The predicted octanol–water partition coefficient (Wildman–Crippen LogP) is 5.46. The van der Waals surface area contributed by atoms with Gasteiger partial charge in [-0.15, -0.1) is 0 Å². The van der Waals surface area contributed by atoms with E-state index in [1.165, 1.54) is 50.2 Å². The number of unbranched alkanes of at least 4 members (excludes halogenated alkanes) is 1. The minimum atomic E-state index is -0.0996. The van der Waals surface area contributed by atoms with Gasteiger partial charge in [-0.1, -0.05) is 37.6 Å². The third kappa shape index (κ3) is 3.69. The lowest BCUT2D eigenvalue weighted by molar-refractivity contribution is 0.374. The minimum absolute atomic E-state index is 0.0996. The topological polar surface area (TPSA) is 0 Å². The van der Waals surface area contributed by atoms with Crippen LogP contribution in [0.4, 0.5) is 4.39 Å². The van der Waals surface area contributed by atoms with Gasteiger partial charge in [-0.05, 0) is 61.6 Å². The Balaban J connectivity index is 1.86. The van der Waals surface area contributed by atoms with Gasteiger partial charge >= 0.3 is 0 Å². The molecule has 1 aromatic rings. The average molecular weight is 246 g/mol. The smallest absolute Gasteiger partial charge is 0.123 e. The summed E-state index contributed by atoms with van der Waals surface area (Å²) in [5.41, 5.74) is 1.19. The Morgan fingerprint density at radius 2 is 2.00 bits per heavy atom. The van der Waals surface area contributed by atoms with E-state index in [1.807, 2.05) is 6.07 Å². The second-order valence-corrected chi connectivity index (χ2v) is 5.38. The Hall–Kier alpha value is -1.11. The zero-order valence-electron chi connectivity index (χ0n) is 11.2. The van der Waals surface area contributed by atoms with E-state index in [9.17, 15) is 4.39 Å². The SMILES string of the molecule is CCCC=CC1CCC(c2cccc(F)c2)CC1. The quantitative estimate of drug-likeness (QED) is 0.619. The van der Waals surface area contributed by atoms with Crippen molar-refractivity contribution in [2.24, 2.45) is 5.92 Å². The standard InChI is InChI=1S/C17H23F/c1-2-3-4-6-14-9-11-15(12-10-14)16-7-5-8-17(18)13-16/h4-8,13-15H,2-3,9-12H2,1H3. The van der Waals surface area contributed by atoms with Crippen molar-refractivity contribution in [2.45, 2.75) is 51.4 Å². The second kappa shape index (κ2) is 6.72. The summed E-state index contributed by atoms with van der Waals surface area (Å²) in [6.07, 6.45) is 12.1. The van der Waals surface area contributed by atoms with Gasteiger partial charge in [0, 0.05) is 0 Å². The Bertz CT molecular complexity index is 386.